The average molecular weight is 162 g/mol. The highest BCUT2D eigenvalue weighted by molar-refractivity contribution is 5.41. The normalized spacial score (nSPS) is 18.8. The first kappa shape index (κ1) is 7.59. The van der Waals surface area contributed by atoms with Crippen molar-refractivity contribution in [2.75, 3.05) is 5.32 Å². The molecule has 0 spiro atoms. The highest BCUT2D eigenvalue weighted by atomic mass is 14.9. The molecule has 2 heteroatoms. The van der Waals surface area contributed by atoms with Crippen LogP contribution in [0.3, 0.4) is 0 Å². The third-order valence-electron chi connectivity index (χ3n) is 2.40. The van der Waals surface area contributed by atoms with Gasteiger partial charge < -0.3 is 5.32 Å². The molecule has 0 saturated heterocycles. The molecule has 1 saturated carbocycles. The molecule has 64 valence electrons. The van der Waals surface area contributed by atoms with Crippen LogP contribution in [0.15, 0.2) is 24.5 Å². The summed E-state index contributed by atoms with van der Waals surface area (Å²) in [5.74, 6) is 0.901. The lowest BCUT2D eigenvalue weighted by Crippen LogP contribution is -2.16. The number of aromatic nitrogens is 1. The molecule has 2 rings (SSSR count). The smallest absolute Gasteiger partial charge is 0.0373 e. The molecular formula is C10H14N2. The van der Waals surface area contributed by atoms with Crippen LogP contribution in [0.25, 0.3) is 0 Å². The molecule has 1 aromatic heterocycles. The minimum Gasteiger partial charge on any atom is -0.382 e. The van der Waals surface area contributed by atoms with E-state index < -0.39 is 0 Å². The monoisotopic (exact) mass is 162 g/mol. The molecular weight excluding hydrogens is 148 g/mol. The van der Waals surface area contributed by atoms with Gasteiger partial charge in [0.25, 0.3) is 0 Å². The van der Waals surface area contributed by atoms with E-state index in [4.69, 9.17) is 0 Å². The first-order chi connectivity index (χ1) is 5.86. The Bertz CT molecular complexity index is 241. The fourth-order valence-electron chi connectivity index (χ4n) is 1.43. The zero-order chi connectivity index (χ0) is 8.39. The van der Waals surface area contributed by atoms with Crippen LogP contribution in [-0.2, 0) is 0 Å². The second-order valence-electron chi connectivity index (χ2n) is 3.51. The zero-order valence-corrected chi connectivity index (χ0v) is 7.33. The topological polar surface area (TPSA) is 24.9 Å². The summed E-state index contributed by atoms with van der Waals surface area (Å²) in [6, 6.07) is 4.64. The molecule has 1 N–H and O–H groups in total. The Hall–Kier alpha value is -1.05. The minimum atomic E-state index is 0.618. The summed E-state index contributed by atoms with van der Waals surface area (Å²) in [4.78, 5) is 3.97. The second-order valence-corrected chi connectivity index (χ2v) is 3.51. The van der Waals surface area contributed by atoms with E-state index in [0.717, 1.165) is 5.92 Å². The van der Waals surface area contributed by atoms with Crippen LogP contribution in [0.1, 0.15) is 19.8 Å². The molecule has 0 aliphatic heterocycles. The summed E-state index contributed by atoms with van der Waals surface area (Å²) >= 11 is 0. The van der Waals surface area contributed by atoms with E-state index in [-0.39, 0.29) is 0 Å². The van der Waals surface area contributed by atoms with Crippen molar-refractivity contribution >= 4 is 5.69 Å². The number of anilines is 1. The van der Waals surface area contributed by atoms with Gasteiger partial charge in [-0.2, -0.15) is 0 Å². The maximum absolute atomic E-state index is 3.97. The van der Waals surface area contributed by atoms with Crippen molar-refractivity contribution in [3.05, 3.63) is 24.5 Å². The van der Waals surface area contributed by atoms with Gasteiger partial charge in [-0.1, -0.05) is 0 Å². The number of nitrogens with one attached hydrogen (secondary N) is 1. The standard InChI is InChI=1S/C10H14N2/c1-8(9-2-3-9)12-10-4-6-11-7-5-10/h4-9H,2-3H2,1H3,(H,11,12). The van der Waals surface area contributed by atoms with Gasteiger partial charge in [-0.05, 0) is 37.8 Å². The van der Waals surface area contributed by atoms with E-state index in [2.05, 4.69) is 17.2 Å². The van der Waals surface area contributed by atoms with Crippen molar-refractivity contribution < 1.29 is 0 Å². The van der Waals surface area contributed by atoms with Crippen molar-refractivity contribution in [1.82, 2.24) is 4.98 Å². The largest absolute Gasteiger partial charge is 0.382 e. The van der Waals surface area contributed by atoms with Crippen molar-refractivity contribution in [1.29, 1.82) is 0 Å². The Morgan fingerprint density at radius 2 is 2.08 bits per heavy atom. The molecule has 2 nitrogen and oxygen atoms in total. The molecule has 1 fully saturated rings. The summed E-state index contributed by atoms with van der Waals surface area (Å²) in [5, 5.41) is 3.46. The van der Waals surface area contributed by atoms with Crippen LogP contribution in [-0.4, -0.2) is 11.0 Å². The maximum atomic E-state index is 3.97. The molecule has 1 aliphatic carbocycles. The van der Waals surface area contributed by atoms with Crippen molar-refractivity contribution in [3.63, 3.8) is 0 Å². The fraction of sp³-hybridized carbons (Fsp3) is 0.500. The SMILES string of the molecule is CC(Nc1ccncc1)C1CC1. The van der Waals surface area contributed by atoms with Gasteiger partial charge in [-0.25, -0.2) is 0 Å². The van der Waals surface area contributed by atoms with Crippen molar-refractivity contribution in [2.24, 2.45) is 5.92 Å². The van der Waals surface area contributed by atoms with Gasteiger partial charge in [0.1, 0.15) is 0 Å². The van der Waals surface area contributed by atoms with E-state index in [9.17, 15) is 0 Å². The predicted molar refractivity (Wildman–Crippen MR) is 50.0 cm³/mol. The van der Waals surface area contributed by atoms with Crippen LogP contribution < -0.4 is 5.32 Å². The Labute approximate surface area is 73.0 Å². The molecule has 12 heavy (non-hydrogen) atoms. The molecule has 1 aromatic rings. The van der Waals surface area contributed by atoms with Gasteiger partial charge >= 0.3 is 0 Å². The van der Waals surface area contributed by atoms with Gasteiger partial charge in [-0.15, -0.1) is 0 Å². The molecule has 0 amide bonds. The number of rotatable bonds is 3. The zero-order valence-electron chi connectivity index (χ0n) is 7.33. The molecule has 1 aliphatic rings. The Kier molecular flexibility index (Phi) is 1.98. The number of hydrogen-bond donors (Lipinski definition) is 1. The van der Waals surface area contributed by atoms with Gasteiger partial charge in [0, 0.05) is 24.1 Å². The average Bonchev–Trinajstić information content (AvgIpc) is 2.88. The molecule has 0 radical (unpaired) electrons. The van der Waals surface area contributed by atoms with Gasteiger partial charge in [0.2, 0.25) is 0 Å². The van der Waals surface area contributed by atoms with Crippen LogP contribution in [0.2, 0.25) is 0 Å². The fourth-order valence-corrected chi connectivity index (χ4v) is 1.43. The number of nitrogens with zero attached hydrogens (tertiary/aromatic N) is 1. The molecule has 1 atom stereocenters. The van der Waals surface area contributed by atoms with Gasteiger partial charge in [0.05, 0.1) is 0 Å². The lowest BCUT2D eigenvalue weighted by molar-refractivity contribution is 0.694. The lowest BCUT2D eigenvalue weighted by atomic mass is 10.2. The third-order valence-corrected chi connectivity index (χ3v) is 2.40. The molecule has 0 bridgehead atoms. The van der Waals surface area contributed by atoms with Crippen LogP contribution in [0, 0.1) is 5.92 Å². The highest BCUT2D eigenvalue weighted by Crippen LogP contribution is 2.33. The van der Waals surface area contributed by atoms with Gasteiger partial charge in [0.15, 0.2) is 0 Å². The van der Waals surface area contributed by atoms with Crippen LogP contribution in [0.5, 0.6) is 0 Å². The molecule has 1 unspecified atom stereocenters. The van der Waals surface area contributed by atoms with E-state index in [1.54, 1.807) is 0 Å². The van der Waals surface area contributed by atoms with Crippen molar-refractivity contribution in [2.45, 2.75) is 25.8 Å². The van der Waals surface area contributed by atoms with Crippen LogP contribution in [0.4, 0.5) is 5.69 Å². The summed E-state index contributed by atoms with van der Waals surface area (Å²) in [5.41, 5.74) is 1.18. The first-order valence-corrected chi connectivity index (χ1v) is 4.53. The summed E-state index contributed by atoms with van der Waals surface area (Å²) in [6.07, 6.45) is 6.42. The highest BCUT2D eigenvalue weighted by Gasteiger charge is 2.27. The number of hydrogen-bond acceptors (Lipinski definition) is 2. The Morgan fingerprint density at radius 1 is 1.42 bits per heavy atom. The summed E-state index contributed by atoms with van der Waals surface area (Å²) < 4.78 is 0. The van der Waals surface area contributed by atoms with E-state index in [0.29, 0.717) is 6.04 Å². The molecule has 1 heterocycles. The Balaban J connectivity index is 1.94. The third kappa shape index (κ3) is 1.76. The molecule has 0 aromatic carbocycles. The summed E-state index contributed by atoms with van der Waals surface area (Å²) in [6.45, 7) is 2.25. The van der Waals surface area contributed by atoms with E-state index >= 15 is 0 Å². The van der Waals surface area contributed by atoms with Crippen LogP contribution >= 0.6 is 0 Å². The summed E-state index contributed by atoms with van der Waals surface area (Å²) in [7, 11) is 0. The van der Waals surface area contributed by atoms with E-state index in [1.165, 1.54) is 18.5 Å². The van der Waals surface area contributed by atoms with Crippen molar-refractivity contribution in [3.8, 4) is 0 Å². The first-order valence-electron chi connectivity index (χ1n) is 4.53. The second kappa shape index (κ2) is 3.13. The lowest BCUT2D eigenvalue weighted by Gasteiger charge is -2.13. The predicted octanol–water partition coefficient (Wildman–Crippen LogP) is 2.29. The minimum absolute atomic E-state index is 0.618. The van der Waals surface area contributed by atoms with Gasteiger partial charge in [-0.3, -0.25) is 4.98 Å². The number of pyridine rings is 1. The maximum Gasteiger partial charge on any atom is 0.0373 e. The quantitative estimate of drug-likeness (QED) is 0.737. The van der Waals surface area contributed by atoms with E-state index in [1.807, 2.05) is 24.5 Å². The Morgan fingerprint density at radius 3 is 2.67 bits per heavy atom.